The van der Waals surface area contributed by atoms with Crippen molar-refractivity contribution in [1.82, 2.24) is 19.8 Å². The minimum absolute atomic E-state index is 0.0473. The maximum Gasteiger partial charge on any atom is 0.315 e. The first kappa shape index (κ1) is 16.5. The van der Waals surface area contributed by atoms with Gasteiger partial charge in [0.05, 0.1) is 20.8 Å². The van der Waals surface area contributed by atoms with Crippen molar-refractivity contribution in [3.05, 3.63) is 47.1 Å². The van der Waals surface area contributed by atoms with Gasteiger partial charge in [-0.3, -0.25) is 4.90 Å². The first-order valence-electron chi connectivity index (χ1n) is 9.00. The summed E-state index contributed by atoms with van der Waals surface area (Å²) in [7, 11) is 0. The molecule has 1 aliphatic carbocycles. The van der Waals surface area contributed by atoms with Gasteiger partial charge < -0.3 is 15.4 Å². The predicted molar refractivity (Wildman–Crippen MR) is 106 cm³/mol. The number of halogens is 1. The molecule has 3 aromatic rings. The molecule has 9 heteroatoms. The number of hydrogen-bond donors (Lipinski definition) is 1. The van der Waals surface area contributed by atoms with Crippen LogP contribution in [0.1, 0.15) is 12.0 Å². The molecule has 2 aromatic heterocycles. The van der Waals surface area contributed by atoms with Crippen LogP contribution in [0.3, 0.4) is 0 Å². The number of ether oxygens (including phenoxy) is 1. The number of rotatable bonds is 4. The van der Waals surface area contributed by atoms with Crippen LogP contribution in [0, 0.1) is 0 Å². The van der Waals surface area contributed by atoms with Crippen molar-refractivity contribution in [2.75, 3.05) is 13.1 Å². The van der Waals surface area contributed by atoms with E-state index in [0.717, 1.165) is 36.5 Å². The normalized spacial score (nSPS) is 27.5. The summed E-state index contributed by atoms with van der Waals surface area (Å²) in [4.78, 5) is 24.3. The van der Waals surface area contributed by atoms with Gasteiger partial charge in [-0.15, -0.1) is 0 Å². The molecule has 0 bridgehead atoms. The second kappa shape index (κ2) is 5.34. The molecule has 3 fully saturated rings. The topological polar surface area (TPSA) is 84.6 Å². The van der Waals surface area contributed by atoms with Crippen molar-refractivity contribution >= 4 is 39.3 Å². The number of fused-ring (bicyclic) bond motifs is 1. The Morgan fingerprint density at radius 1 is 1.29 bits per heavy atom. The lowest BCUT2D eigenvalue weighted by Crippen LogP contribution is -2.79. The van der Waals surface area contributed by atoms with E-state index in [1.54, 1.807) is 6.20 Å². The number of primary amides is 1. The monoisotopic (exact) mass is 413 g/mol. The highest BCUT2D eigenvalue weighted by atomic mass is 35.5. The minimum Gasteiger partial charge on any atom is -0.431 e. The maximum atomic E-state index is 11.4. The second-order valence-corrected chi connectivity index (χ2v) is 9.15. The summed E-state index contributed by atoms with van der Waals surface area (Å²) < 4.78 is 6.77. The molecule has 3 aliphatic rings. The fraction of sp³-hybridized carbons (Fsp3) is 0.316. The summed E-state index contributed by atoms with van der Waals surface area (Å²) in [6, 6.07) is 9.59. The van der Waals surface area contributed by atoms with E-state index >= 15 is 0 Å². The van der Waals surface area contributed by atoms with E-state index in [1.165, 1.54) is 16.9 Å². The molecule has 2 amide bonds. The number of likely N-dealkylation sites (tertiary alicyclic amines) is 2. The smallest absolute Gasteiger partial charge is 0.315 e. The Labute approximate surface area is 169 Å². The zero-order valence-electron chi connectivity index (χ0n) is 14.8. The molecule has 0 spiro atoms. The molecule has 0 radical (unpaired) electrons. The summed E-state index contributed by atoms with van der Waals surface area (Å²) in [5.74, 6) is 0.736. The summed E-state index contributed by atoms with van der Waals surface area (Å²) in [5.41, 5.74) is 7.53. The number of carbonyl (C=O) groups excluding carboxylic acids is 1. The van der Waals surface area contributed by atoms with Crippen molar-refractivity contribution in [2.45, 2.75) is 24.0 Å². The number of nitrogens with two attached hydrogens (primary N) is 1. The summed E-state index contributed by atoms with van der Waals surface area (Å²) in [5, 5.41) is 1.13. The lowest BCUT2D eigenvalue weighted by molar-refractivity contribution is -0.101. The molecular weight excluding hydrogens is 398 g/mol. The van der Waals surface area contributed by atoms with Crippen LogP contribution < -0.4 is 10.5 Å². The molecule has 6 rings (SSSR count). The SMILES string of the molecule is NC(=O)N1C[C@]23CC12CN3Cc1ccc(Oc2nc3ncc(Cl)cc3s2)cc1. The number of hydrogen-bond acceptors (Lipinski definition) is 6. The lowest BCUT2D eigenvalue weighted by Gasteiger charge is -2.60. The van der Waals surface area contributed by atoms with Gasteiger partial charge in [-0.2, -0.15) is 4.98 Å². The van der Waals surface area contributed by atoms with Crippen LogP contribution in [-0.4, -0.2) is 50.0 Å². The molecule has 4 heterocycles. The highest BCUT2D eigenvalue weighted by Crippen LogP contribution is 2.72. The lowest BCUT2D eigenvalue weighted by atomic mass is 9.85. The van der Waals surface area contributed by atoms with Crippen molar-refractivity contribution < 1.29 is 9.53 Å². The van der Waals surface area contributed by atoms with Crippen LogP contribution in [-0.2, 0) is 6.54 Å². The molecular formula is C19H16ClN5O2S. The summed E-state index contributed by atoms with van der Waals surface area (Å²) in [6.07, 6.45) is 2.64. The molecule has 2 N–H and O–H groups in total. The van der Waals surface area contributed by atoms with E-state index in [9.17, 15) is 4.79 Å². The predicted octanol–water partition coefficient (Wildman–Crippen LogP) is 3.23. The van der Waals surface area contributed by atoms with Gasteiger partial charge >= 0.3 is 6.03 Å². The Morgan fingerprint density at radius 2 is 2.11 bits per heavy atom. The van der Waals surface area contributed by atoms with Gasteiger partial charge in [0.2, 0.25) is 0 Å². The number of benzene rings is 1. The Kier molecular flexibility index (Phi) is 3.15. The molecule has 1 saturated carbocycles. The van der Waals surface area contributed by atoms with Crippen LogP contribution in [0.4, 0.5) is 4.79 Å². The third-order valence-corrected chi connectivity index (χ3v) is 7.36. The summed E-state index contributed by atoms with van der Waals surface area (Å²) in [6.45, 7) is 2.55. The third-order valence-electron chi connectivity index (χ3n) is 6.28. The van der Waals surface area contributed by atoms with Gasteiger partial charge in [-0.05, 0) is 30.2 Å². The number of urea groups is 1. The number of thiazole rings is 1. The highest BCUT2D eigenvalue weighted by molar-refractivity contribution is 7.20. The van der Waals surface area contributed by atoms with Crippen molar-refractivity contribution in [3.63, 3.8) is 0 Å². The van der Waals surface area contributed by atoms with Gasteiger partial charge in [0.25, 0.3) is 5.19 Å². The zero-order chi connectivity index (χ0) is 19.1. The van der Waals surface area contributed by atoms with E-state index in [2.05, 4.69) is 27.0 Å². The van der Waals surface area contributed by atoms with Gasteiger partial charge in [-0.1, -0.05) is 35.1 Å². The molecule has 2 atom stereocenters. The van der Waals surface area contributed by atoms with Gasteiger partial charge in [0, 0.05) is 25.8 Å². The molecule has 28 heavy (non-hydrogen) atoms. The van der Waals surface area contributed by atoms with Crippen molar-refractivity contribution in [1.29, 1.82) is 0 Å². The van der Waals surface area contributed by atoms with Crippen LogP contribution >= 0.6 is 22.9 Å². The number of aromatic nitrogens is 2. The number of nitrogens with zero attached hydrogens (tertiary/aromatic N) is 4. The minimum atomic E-state index is -0.290. The zero-order valence-corrected chi connectivity index (χ0v) is 16.3. The fourth-order valence-electron chi connectivity index (χ4n) is 4.78. The van der Waals surface area contributed by atoms with E-state index in [4.69, 9.17) is 22.1 Å². The fourth-order valence-corrected chi connectivity index (χ4v) is 5.84. The summed E-state index contributed by atoms with van der Waals surface area (Å²) >= 11 is 7.39. The highest BCUT2D eigenvalue weighted by Gasteiger charge is 2.89. The Balaban J connectivity index is 1.12. The first-order valence-corrected chi connectivity index (χ1v) is 10.2. The molecule has 2 aliphatic heterocycles. The largest absolute Gasteiger partial charge is 0.431 e. The molecule has 2 saturated heterocycles. The molecule has 142 valence electrons. The number of amides is 2. The Hall–Kier alpha value is -2.42. The standard InChI is InChI=1S/C19H16ClN5O2S/c20-12-5-14-15(22-6-12)23-17(28-14)27-13-3-1-11(2-4-13)7-24-9-19-8-18(19,24)10-25(19)16(21)26/h1-6H,7-10H2,(H2,21,26)/t18-,19?/m1/s1. The number of pyridine rings is 1. The van der Waals surface area contributed by atoms with Crippen LogP contribution in [0.5, 0.6) is 10.9 Å². The number of piperazine rings is 1. The second-order valence-electron chi connectivity index (χ2n) is 7.72. The van der Waals surface area contributed by atoms with E-state index in [0.29, 0.717) is 15.9 Å². The number of carbonyl (C=O) groups is 1. The van der Waals surface area contributed by atoms with Gasteiger partial charge in [-0.25, -0.2) is 9.78 Å². The molecule has 1 aromatic carbocycles. The third kappa shape index (κ3) is 2.10. The molecule has 1 unspecified atom stereocenters. The van der Waals surface area contributed by atoms with E-state index in [-0.39, 0.29) is 17.1 Å². The average molecular weight is 414 g/mol. The van der Waals surface area contributed by atoms with Gasteiger partial charge in [0.15, 0.2) is 5.65 Å². The van der Waals surface area contributed by atoms with Crippen LogP contribution in [0.2, 0.25) is 5.02 Å². The first-order chi connectivity index (χ1) is 13.5. The van der Waals surface area contributed by atoms with Gasteiger partial charge in [0.1, 0.15) is 5.75 Å². The van der Waals surface area contributed by atoms with Crippen molar-refractivity contribution in [3.8, 4) is 10.9 Å². The average Bonchev–Trinajstić information content (AvgIpc) is 3.00. The Morgan fingerprint density at radius 3 is 2.82 bits per heavy atom. The van der Waals surface area contributed by atoms with E-state index < -0.39 is 0 Å². The van der Waals surface area contributed by atoms with Crippen LogP contribution in [0.25, 0.3) is 10.3 Å². The molecule has 7 nitrogen and oxygen atoms in total. The van der Waals surface area contributed by atoms with Crippen LogP contribution in [0.15, 0.2) is 36.5 Å². The quantitative estimate of drug-likeness (QED) is 0.709. The maximum absolute atomic E-state index is 11.4. The van der Waals surface area contributed by atoms with E-state index in [1.807, 2.05) is 23.1 Å². The Bertz CT molecular complexity index is 1140. The van der Waals surface area contributed by atoms with Crippen molar-refractivity contribution in [2.24, 2.45) is 5.73 Å².